The van der Waals surface area contributed by atoms with E-state index in [1.165, 1.54) is 4.31 Å². The smallest absolute Gasteiger partial charge is 0.243 e. The molecule has 0 radical (unpaired) electrons. The van der Waals surface area contributed by atoms with E-state index in [-0.39, 0.29) is 0 Å². The van der Waals surface area contributed by atoms with Crippen LogP contribution in [0.3, 0.4) is 0 Å². The molecule has 6 heteroatoms. The van der Waals surface area contributed by atoms with Gasteiger partial charge in [-0.3, -0.25) is 0 Å². The third-order valence-corrected chi connectivity index (χ3v) is 5.66. The molecule has 0 saturated heterocycles. The second-order valence-corrected chi connectivity index (χ2v) is 7.55. The molecular formula is C17H24N2O3S. The number of methoxy groups -OCH3 is 1. The van der Waals surface area contributed by atoms with Gasteiger partial charge in [-0.1, -0.05) is 17.7 Å². The highest BCUT2D eigenvalue weighted by Crippen LogP contribution is 2.19. The Kier molecular flexibility index (Phi) is 5.98. The van der Waals surface area contributed by atoms with Crippen molar-refractivity contribution < 1.29 is 13.2 Å². The molecule has 0 aliphatic carbocycles. The number of rotatable bonds is 8. The number of ether oxygens (including phenoxy) is 1. The summed E-state index contributed by atoms with van der Waals surface area (Å²) in [6.07, 6.45) is 2.58. The molecule has 5 nitrogen and oxygen atoms in total. The summed E-state index contributed by atoms with van der Waals surface area (Å²) in [6.45, 7) is 3.25. The maximum absolute atomic E-state index is 13.0. The number of hydrogen-bond acceptors (Lipinski definition) is 3. The molecule has 0 atom stereocenters. The number of nitrogens with zero attached hydrogens (tertiary/aromatic N) is 2. The van der Waals surface area contributed by atoms with Crippen LogP contribution in [0.4, 0.5) is 0 Å². The predicted octanol–water partition coefficient (Wildman–Crippen LogP) is 2.56. The van der Waals surface area contributed by atoms with Gasteiger partial charge in [0.1, 0.15) is 0 Å². The molecule has 1 heterocycles. The first kappa shape index (κ1) is 17.7. The van der Waals surface area contributed by atoms with Gasteiger partial charge in [0.25, 0.3) is 0 Å². The summed E-state index contributed by atoms with van der Waals surface area (Å²) in [5.41, 5.74) is 2.00. The maximum Gasteiger partial charge on any atom is 0.243 e. The molecule has 0 fully saturated rings. The lowest BCUT2D eigenvalue weighted by Crippen LogP contribution is -2.32. The van der Waals surface area contributed by atoms with Crippen molar-refractivity contribution in [2.24, 2.45) is 7.05 Å². The molecular weight excluding hydrogens is 312 g/mol. The van der Waals surface area contributed by atoms with Gasteiger partial charge >= 0.3 is 0 Å². The zero-order chi connectivity index (χ0) is 16.9. The Bertz CT molecular complexity index is 721. The second-order valence-electron chi connectivity index (χ2n) is 5.61. The quantitative estimate of drug-likeness (QED) is 0.696. The van der Waals surface area contributed by atoms with Crippen molar-refractivity contribution in [1.82, 2.24) is 8.87 Å². The van der Waals surface area contributed by atoms with E-state index < -0.39 is 10.0 Å². The molecule has 0 unspecified atom stereocenters. The number of aryl methyl sites for hydroxylation is 2. The van der Waals surface area contributed by atoms with Crippen LogP contribution in [0.15, 0.2) is 47.5 Å². The summed E-state index contributed by atoms with van der Waals surface area (Å²) in [5.74, 6) is 0. The van der Waals surface area contributed by atoms with E-state index in [0.29, 0.717) is 31.0 Å². The van der Waals surface area contributed by atoms with Crippen molar-refractivity contribution in [1.29, 1.82) is 0 Å². The van der Waals surface area contributed by atoms with Crippen LogP contribution in [0.2, 0.25) is 0 Å². The fourth-order valence-electron chi connectivity index (χ4n) is 2.37. The minimum absolute atomic E-state index is 0.328. The molecule has 0 bridgehead atoms. The summed E-state index contributed by atoms with van der Waals surface area (Å²) in [6, 6.07) is 10.8. The minimum atomic E-state index is -3.53. The van der Waals surface area contributed by atoms with Crippen LogP contribution in [-0.2, 0) is 28.4 Å². The molecule has 0 aliphatic rings. The monoisotopic (exact) mass is 336 g/mol. The SMILES string of the molecule is COCCCN(Cc1cccn1C)S(=O)(=O)c1ccc(C)cc1. The molecule has 1 aromatic carbocycles. The highest BCUT2D eigenvalue weighted by Gasteiger charge is 2.24. The fraction of sp³-hybridized carbons (Fsp3) is 0.412. The zero-order valence-corrected chi connectivity index (χ0v) is 14.7. The summed E-state index contributed by atoms with van der Waals surface area (Å²) < 4.78 is 34.4. The first-order valence-corrected chi connectivity index (χ1v) is 9.05. The molecule has 1 aromatic heterocycles. The number of sulfonamides is 1. The topological polar surface area (TPSA) is 51.5 Å². The Hall–Kier alpha value is -1.63. The first-order chi connectivity index (χ1) is 10.9. The van der Waals surface area contributed by atoms with Gasteiger partial charge < -0.3 is 9.30 Å². The molecule has 0 N–H and O–H groups in total. The van der Waals surface area contributed by atoms with Crippen LogP contribution >= 0.6 is 0 Å². The Morgan fingerprint density at radius 1 is 1.17 bits per heavy atom. The number of hydrogen-bond donors (Lipinski definition) is 0. The molecule has 126 valence electrons. The van der Waals surface area contributed by atoms with Gasteiger partial charge in [-0.15, -0.1) is 0 Å². The molecule has 2 rings (SSSR count). The fourth-order valence-corrected chi connectivity index (χ4v) is 3.82. The Labute approximate surface area is 138 Å². The van der Waals surface area contributed by atoms with E-state index in [1.54, 1.807) is 19.2 Å². The molecule has 2 aromatic rings. The minimum Gasteiger partial charge on any atom is -0.385 e. The summed E-state index contributed by atoms with van der Waals surface area (Å²) >= 11 is 0. The summed E-state index contributed by atoms with van der Waals surface area (Å²) in [5, 5.41) is 0. The van der Waals surface area contributed by atoms with Crippen LogP contribution in [0.1, 0.15) is 17.7 Å². The lowest BCUT2D eigenvalue weighted by molar-refractivity contribution is 0.186. The average Bonchev–Trinajstić information content (AvgIpc) is 2.92. The van der Waals surface area contributed by atoms with E-state index >= 15 is 0 Å². The maximum atomic E-state index is 13.0. The van der Waals surface area contributed by atoms with Crippen LogP contribution in [0, 0.1) is 6.92 Å². The van der Waals surface area contributed by atoms with Crippen LogP contribution in [-0.4, -0.2) is 37.6 Å². The van der Waals surface area contributed by atoms with Gasteiger partial charge in [0.2, 0.25) is 10.0 Å². The largest absolute Gasteiger partial charge is 0.385 e. The van der Waals surface area contributed by atoms with Crippen LogP contribution < -0.4 is 0 Å². The molecule has 0 aliphatic heterocycles. The molecule has 0 amide bonds. The van der Waals surface area contributed by atoms with Gasteiger partial charge in [-0.05, 0) is 37.6 Å². The van der Waals surface area contributed by atoms with Crippen LogP contribution in [0.25, 0.3) is 0 Å². The van der Waals surface area contributed by atoms with Gasteiger partial charge in [0.05, 0.1) is 11.4 Å². The standard InChI is InChI=1S/C17H24N2O3S/c1-15-7-9-17(10-8-15)23(20,21)19(12-5-13-22-3)14-16-6-4-11-18(16)2/h4,6-11H,5,12-14H2,1-3H3. The summed E-state index contributed by atoms with van der Waals surface area (Å²) in [4.78, 5) is 0.328. The zero-order valence-electron chi connectivity index (χ0n) is 13.9. The third kappa shape index (κ3) is 4.43. The van der Waals surface area contributed by atoms with Crippen molar-refractivity contribution in [3.63, 3.8) is 0 Å². The van der Waals surface area contributed by atoms with E-state index in [9.17, 15) is 8.42 Å². The number of aromatic nitrogens is 1. The number of benzene rings is 1. The van der Waals surface area contributed by atoms with Crippen LogP contribution in [0.5, 0.6) is 0 Å². The second kappa shape index (κ2) is 7.77. The summed E-state index contributed by atoms with van der Waals surface area (Å²) in [7, 11) is 0.0122. The Morgan fingerprint density at radius 3 is 2.43 bits per heavy atom. The highest BCUT2D eigenvalue weighted by atomic mass is 32.2. The van der Waals surface area contributed by atoms with Gasteiger partial charge in [-0.25, -0.2) is 8.42 Å². The average molecular weight is 336 g/mol. The normalized spacial score (nSPS) is 12.0. The molecule has 0 spiro atoms. The van der Waals surface area contributed by atoms with Crippen molar-refractivity contribution in [3.8, 4) is 0 Å². The highest BCUT2D eigenvalue weighted by molar-refractivity contribution is 7.89. The molecule has 0 saturated carbocycles. The van der Waals surface area contributed by atoms with E-state index in [1.807, 2.05) is 49.0 Å². The van der Waals surface area contributed by atoms with Gasteiger partial charge in [0, 0.05) is 39.2 Å². The lowest BCUT2D eigenvalue weighted by Gasteiger charge is -2.22. The van der Waals surface area contributed by atoms with E-state index in [0.717, 1.165) is 11.3 Å². The molecule has 23 heavy (non-hydrogen) atoms. The Morgan fingerprint density at radius 2 is 1.87 bits per heavy atom. The van der Waals surface area contributed by atoms with Gasteiger partial charge in [-0.2, -0.15) is 4.31 Å². The lowest BCUT2D eigenvalue weighted by atomic mass is 10.2. The first-order valence-electron chi connectivity index (χ1n) is 7.61. The third-order valence-electron chi connectivity index (χ3n) is 3.80. The van der Waals surface area contributed by atoms with Gasteiger partial charge in [0.15, 0.2) is 0 Å². The van der Waals surface area contributed by atoms with E-state index in [4.69, 9.17) is 4.74 Å². The van der Waals surface area contributed by atoms with Crippen molar-refractivity contribution in [3.05, 3.63) is 53.9 Å². The van der Waals surface area contributed by atoms with Crippen molar-refractivity contribution >= 4 is 10.0 Å². The Balaban J connectivity index is 2.27. The predicted molar refractivity (Wildman–Crippen MR) is 90.7 cm³/mol. The van der Waals surface area contributed by atoms with E-state index in [2.05, 4.69) is 0 Å². The van der Waals surface area contributed by atoms with Crippen molar-refractivity contribution in [2.75, 3.05) is 20.3 Å². The van der Waals surface area contributed by atoms with Crippen molar-refractivity contribution in [2.45, 2.75) is 24.8 Å².